The summed E-state index contributed by atoms with van der Waals surface area (Å²) in [6, 6.07) is 13.1. The molecule has 168 valence electrons. The molecular weight excluding hydrogens is 416 g/mol. The van der Waals surface area contributed by atoms with Crippen LogP contribution in [-0.2, 0) is 23.0 Å². The molecule has 31 heavy (non-hydrogen) atoms. The first-order valence-electron chi connectivity index (χ1n) is 10.3. The summed E-state index contributed by atoms with van der Waals surface area (Å²) < 4.78 is 35.4. The summed E-state index contributed by atoms with van der Waals surface area (Å²) in [7, 11) is 0.0947. The second-order valence-electron chi connectivity index (χ2n) is 7.87. The topological polar surface area (TPSA) is 84.9 Å². The number of nitrogens with zero attached hydrogens (tertiary/aromatic N) is 1. The Morgan fingerprint density at radius 1 is 1.06 bits per heavy atom. The van der Waals surface area contributed by atoms with Gasteiger partial charge in [0.25, 0.3) is 5.91 Å². The third-order valence-corrected chi connectivity index (χ3v) is 7.01. The molecular formula is C23H30N2O5S. The van der Waals surface area contributed by atoms with E-state index in [2.05, 4.69) is 5.32 Å². The fourth-order valence-corrected chi connectivity index (χ4v) is 4.74. The van der Waals surface area contributed by atoms with E-state index in [4.69, 9.17) is 9.47 Å². The molecule has 1 aliphatic rings. The van der Waals surface area contributed by atoms with Crippen molar-refractivity contribution in [2.75, 3.05) is 33.6 Å². The number of amides is 1. The molecule has 0 radical (unpaired) electrons. The zero-order valence-corrected chi connectivity index (χ0v) is 19.1. The molecule has 1 N–H and O–H groups in total. The third-order valence-electron chi connectivity index (χ3n) is 5.71. The normalized spacial score (nSPS) is 15.5. The molecule has 0 unspecified atom stereocenters. The Labute approximate surface area is 184 Å². The summed E-state index contributed by atoms with van der Waals surface area (Å²) >= 11 is 0. The second kappa shape index (κ2) is 10.2. The fourth-order valence-electron chi connectivity index (χ4n) is 3.87. The van der Waals surface area contributed by atoms with Crippen molar-refractivity contribution in [2.24, 2.45) is 5.92 Å². The number of benzene rings is 2. The summed E-state index contributed by atoms with van der Waals surface area (Å²) in [6.07, 6.45) is 3.87. The zero-order chi connectivity index (χ0) is 22.4. The summed E-state index contributed by atoms with van der Waals surface area (Å²) in [5, 5.41) is 2.92. The predicted octanol–water partition coefficient (Wildman–Crippen LogP) is 2.85. The van der Waals surface area contributed by atoms with Gasteiger partial charge in [-0.05, 0) is 61.1 Å². The zero-order valence-electron chi connectivity index (χ0n) is 18.3. The van der Waals surface area contributed by atoms with E-state index in [1.165, 1.54) is 6.26 Å². The Bertz CT molecular complexity index is 997. The number of hydrogen-bond donors (Lipinski definition) is 1. The lowest BCUT2D eigenvalue weighted by Gasteiger charge is -2.30. The Morgan fingerprint density at radius 2 is 1.74 bits per heavy atom. The Morgan fingerprint density at radius 3 is 2.32 bits per heavy atom. The van der Waals surface area contributed by atoms with Crippen molar-refractivity contribution in [2.45, 2.75) is 25.8 Å². The van der Waals surface area contributed by atoms with Crippen LogP contribution in [-0.4, -0.2) is 52.2 Å². The highest BCUT2D eigenvalue weighted by atomic mass is 32.2. The molecule has 1 fully saturated rings. The van der Waals surface area contributed by atoms with Crippen LogP contribution >= 0.6 is 0 Å². The summed E-state index contributed by atoms with van der Waals surface area (Å²) in [5.74, 6) is 1.70. The van der Waals surface area contributed by atoms with Gasteiger partial charge in [-0.2, -0.15) is 0 Å². The first-order valence-corrected chi connectivity index (χ1v) is 12.2. The monoisotopic (exact) mass is 446 g/mol. The number of methoxy groups -OCH3 is 2. The molecule has 0 bridgehead atoms. The summed E-state index contributed by atoms with van der Waals surface area (Å²) in [5.41, 5.74) is 2.59. The Hall–Kier alpha value is -2.58. The Kier molecular flexibility index (Phi) is 7.56. The third kappa shape index (κ3) is 6.21. The van der Waals surface area contributed by atoms with Gasteiger partial charge in [-0.25, -0.2) is 12.7 Å². The minimum Gasteiger partial charge on any atom is -0.497 e. The van der Waals surface area contributed by atoms with Crippen molar-refractivity contribution in [3.05, 3.63) is 59.2 Å². The standard InChI is InChI=1S/C23H30N2O5S/c1-29-21-8-9-22(30-2)20(15-21)16-24-23(26)19-6-4-17(5-7-19)14-18-10-12-25(13-11-18)31(3,27)28/h4-9,15,18H,10-14,16H2,1-3H3,(H,24,26). The number of rotatable bonds is 8. The highest BCUT2D eigenvalue weighted by molar-refractivity contribution is 7.88. The van der Waals surface area contributed by atoms with E-state index in [0.29, 0.717) is 42.6 Å². The highest BCUT2D eigenvalue weighted by Gasteiger charge is 2.24. The van der Waals surface area contributed by atoms with Gasteiger partial charge in [0.15, 0.2) is 0 Å². The van der Waals surface area contributed by atoms with Crippen molar-refractivity contribution in [1.29, 1.82) is 0 Å². The van der Waals surface area contributed by atoms with Crippen LogP contribution in [0.15, 0.2) is 42.5 Å². The number of carbonyl (C=O) groups excluding carboxylic acids is 1. The molecule has 2 aromatic carbocycles. The van der Waals surface area contributed by atoms with Crippen molar-refractivity contribution in [1.82, 2.24) is 9.62 Å². The number of nitrogens with one attached hydrogen (secondary N) is 1. The van der Waals surface area contributed by atoms with Crippen LogP contribution in [0.1, 0.15) is 34.3 Å². The van der Waals surface area contributed by atoms with Gasteiger partial charge >= 0.3 is 0 Å². The molecule has 3 rings (SSSR count). The first kappa shape index (κ1) is 23.1. The van der Waals surface area contributed by atoms with E-state index in [-0.39, 0.29) is 5.91 Å². The van der Waals surface area contributed by atoms with Crippen molar-refractivity contribution < 1.29 is 22.7 Å². The lowest BCUT2D eigenvalue weighted by molar-refractivity contribution is 0.0950. The van der Waals surface area contributed by atoms with E-state index < -0.39 is 10.0 Å². The van der Waals surface area contributed by atoms with Gasteiger partial charge in [-0.15, -0.1) is 0 Å². The summed E-state index contributed by atoms with van der Waals surface area (Å²) in [4.78, 5) is 12.6. The molecule has 0 saturated carbocycles. The number of carbonyl (C=O) groups is 1. The molecule has 8 heteroatoms. The van der Waals surface area contributed by atoms with Gasteiger partial charge in [-0.1, -0.05) is 12.1 Å². The number of hydrogen-bond acceptors (Lipinski definition) is 5. The van der Waals surface area contributed by atoms with Crippen LogP contribution in [0, 0.1) is 5.92 Å². The van der Waals surface area contributed by atoms with Crippen LogP contribution in [0.25, 0.3) is 0 Å². The molecule has 1 heterocycles. The molecule has 7 nitrogen and oxygen atoms in total. The van der Waals surface area contributed by atoms with Gasteiger partial charge < -0.3 is 14.8 Å². The highest BCUT2D eigenvalue weighted by Crippen LogP contribution is 2.25. The maximum atomic E-state index is 12.6. The minimum absolute atomic E-state index is 0.155. The Balaban J connectivity index is 1.54. The SMILES string of the molecule is COc1ccc(OC)c(CNC(=O)c2ccc(CC3CCN(S(C)(=O)=O)CC3)cc2)c1. The van der Waals surface area contributed by atoms with Crippen LogP contribution < -0.4 is 14.8 Å². The lowest BCUT2D eigenvalue weighted by Crippen LogP contribution is -2.38. The van der Waals surface area contributed by atoms with E-state index in [0.717, 1.165) is 30.4 Å². The first-order chi connectivity index (χ1) is 14.8. The maximum absolute atomic E-state index is 12.6. The van der Waals surface area contributed by atoms with Crippen LogP contribution in [0.5, 0.6) is 11.5 Å². The fraction of sp³-hybridized carbons (Fsp3) is 0.435. The van der Waals surface area contributed by atoms with Gasteiger partial charge in [0, 0.05) is 30.8 Å². The van der Waals surface area contributed by atoms with E-state index in [9.17, 15) is 13.2 Å². The number of sulfonamides is 1. The molecule has 0 aromatic heterocycles. The second-order valence-corrected chi connectivity index (χ2v) is 9.85. The van der Waals surface area contributed by atoms with Crippen molar-refractivity contribution in [3.63, 3.8) is 0 Å². The molecule has 1 amide bonds. The van der Waals surface area contributed by atoms with Crippen LogP contribution in [0.3, 0.4) is 0 Å². The largest absolute Gasteiger partial charge is 0.497 e. The van der Waals surface area contributed by atoms with E-state index in [1.54, 1.807) is 18.5 Å². The van der Waals surface area contributed by atoms with Crippen molar-refractivity contribution in [3.8, 4) is 11.5 Å². The lowest BCUT2D eigenvalue weighted by atomic mass is 9.91. The van der Waals surface area contributed by atoms with E-state index >= 15 is 0 Å². The van der Waals surface area contributed by atoms with Crippen molar-refractivity contribution >= 4 is 15.9 Å². The van der Waals surface area contributed by atoms with Gasteiger partial charge in [0.2, 0.25) is 10.0 Å². The summed E-state index contributed by atoms with van der Waals surface area (Å²) in [6.45, 7) is 1.50. The quantitative estimate of drug-likeness (QED) is 0.674. The van der Waals surface area contributed by atoms with Crippen LogP contribution in [0.4, 0.5) is 0 Å². The number of ether oxygens (including phenoxy) is 2. The average Bonchev–Trinajstić information content (AvgIpc) is 2.77. The van der Waals surface area contributed by atoms with Gasteiger partial charge in [0.05, 0.1) is 20.5 Å². The molecule has 1 aliphatic heterocycles. The smallest absolute Gasteiger partial charge is 0.251 e. The predicted molar refractivity (Wildman–Crippen MR) is 120 cm³/mol. The minimum atomic E-state index is -3.10. The maximum Gasteiger partial charge on any atom is 0.251 e. The van der Waals surface area contributed by atoms with Crippen LogP contribution in [0.2, 0.25) is 0 Å². The molecule has 1 saturated heterocycles. The number of piperidine rings is 1. The molecule has 0 spiro atoms. The van der Waals surface area contributed by atoms with E-state index in [1.807, 2.05) is 42.5 Å². The molecule has 0 aliphatic carbocycles. The molecule has 0 atom stereocenters. The average molecular weight is 447 g/mol. The van der Waals surface area contributed by atoms with Gasteiger partial charge in [-0.3, -0.25) is 4.79 Å². The molecule has 2 aromatic rings. The van der Waals surface area contributed by atoms with Gasteiger partial charge in [0.1, 0.15) is 11.5 Å².